The van der Waals surface area contributed by atoms with E-state index in [0.717, 1.165) is 19.4 Å². The molecule has 0 aromatic carbocycles. The summed E-state index contributed by atoms with van der Waals surface area (Å²) in [5, 5.41) is 0. The van der Waals surface area contributed by atoms with Crippen LogP contribution in [0.3, 0.4) is 0 Å². The van der Waals surface area contributed by atoms with Crippen LogP contribution in [0.15, 0.2) is 0 Å². The summed E-state index contributed by atoms with van der Waals surface area (Å²) >= 11 is 0. The molecule has 1 fully saturated rings. The third-order valence-electron chi connectivity index (χ3n) is 2.96. The summed E-state index contributed by atoms with van der Waals surface area (Å²) in [6.45, 7) is 0.759. The Morgan fingerprint density at radius 3 is 2.38 bits per heavy atom. The maximum absolute atomic E-state index is 10.8. The summed E-state index contributed by atoms with van der Waals surface area (Å²) in [6.07, 6.45) is 6.52. The largest absolute Gasteiger partial charge is 0.370 e. The highest BCUT2D eigenvalue weighted by atomic mass is 16.1. The number of hydrogen-bond donors (Lipinski definition) is 2. The third kappa shape index (κ3) is 3.77. The van der Waals surface area contributed by atoms with E-state index in [-0.39, 0.29) is 5.91 Å². The molecule has 1 saturated carbocycles. The van der Waals surface area contributed by atoms with Crippen LogP contribution in [0.4, 0.5) is 0 Å². The van der Waals surface area contributed by atoms with Gasteiger partial charge in [0, 0.05) is 6.42 Å². The molecule has 1 amide bonds. The van der Waals surface area contributed by atoms with Gasteiger partial charge in [0.1, 0.15) is 0 Å². The first-order valence-corrected chi connectivity index (χ1v) is 5.20. The zero-order valence-corrected chi connectivity index (χ0v) is 8.17. The molecule has 3 heteroatoms. The number of carbonyl (C=O) groups is 1. The van der Waals surface area contributed by atoms with Crippen molar-refractivity contribution in [3.8, 4) is 0 Å². The SMILES string of the molecule is NCC1CCCCC(CC(N)=O)C1. The Balaban J connectivity index is 2.39. The van der Waals surface area contributed by atoms with Crippen molar-refractivity contribution in [3.63, 3.8) is 0 Å². The van der Waals surface area contributed by atoms with Gasteiger partial charge in [0.15, 0.2) is 0 Å². The van der Waals surface area contributed by atoms with Gasteiger partial charge in [-0.25, -0.2) is 0 Å². The van der Waals surface area contributed by atoms with Crippen LogP contribution >= 0.6 is 0 Å². The van der Waals surface area contributed by atoms with Crippen LogP contribution in [0, 0.1) is 11.8 Å². The van der Waals surface area contributed by atoms with Gasteiger partial charge in [-0.1, -0.05) is 12.8 Å². The van der Waals surface area contributed by atoms with Crippen molar-refractivity contribution in [1.29, 1.82) is 0 Å². The molecule has 0 radical (unpaired) electrons. The van der Waals surface area contributed by atoms with Crippen LogP contribution in [0.5, 0.6) is 0 Å². The van der Waals surface area contributed by atoms with E-state index in [1.165, 1.54) is 19.3 Å². The van der Waals surface area contributed by atoms with Gasteiger partial charge in [0.05, 0.1) is 0 Å². The molecule has 1 aliphatic rings. The summed E-state index contributed by atoms with van der Waals surface area (Å²) in [5.74, 6) is 0.947. The van der Waals surface area contributed by atoms with Crippen molar-refractivity contribution in [2.75, 3.05) is 6.54 Å². The van der Waals surface area contributed by atoms with Gasteiger partial charge in [-0.05, 0) is 37.6 Å². The van der Waals surface area contributed by atoms with Crippen LogP contribution in [-0.2, 0) is 4.79 Å². The molecule has 0 saturated heterocycles. The topological polar surface area (TPSA) is 69.1 Å². The highest BCUT2D eigenvalue weighted by Gasteiger charge is 2.20. The van der Waals surface area contributed by atoms with E-state index < -0.39 is 0 Å². The molecular formula is C10H20N2O. The lowest BCUT2D eigenvalue weighted by Gasteiger charge is -2.16. The maximum atomic E-state index is 10.8. The number of primary amides is 1. The van der Waals surface area contributed by atoms with Crippen LogP contribution in [-0.4, -0.2) is 12.5 Å². The van der Waals surface area contributed by atoms with Crippen molar-refractivity contribution in [2.24, 2.45) is 23.3 Å². The lowest BCUT2D eigenvalue weighted by molar-refractivity contribution is -0.119. The fourth-order valence-electron chi connectivity index (χ4n) is 2.26. The molecule has 2 unspecified atom stereocenters. The number of amides is 1. The summed E-state index contributed by atoms with van der Waals surface area (Å²) < 4.78 is 0. The number of rotatable bonds is 3. The third-order valence-corrected chi connectivity index (χ3v) is 2.96. The molecule has 3 nitrogen and oxygen atoms in total. The minimum Gasteiger partial charge on any atom is -0.370 e. The highest BCUT2D eigenvalue weighted by Crippen LogP contribution is 2.28. The Labute approximate surface area is 79.9 Å². The van der Waals surface area contributed by atoms with Gasteiger partial charge >= 0.3 is 0 Å². The highest BCUT2D eigenvalue weighted by molar-refractivity contribution is 5.73. The van der Waals surface area contributed by atoms with Gasteiger partial charge in [-0.15, -0.1) is 0 Å². The van der Waals surface area contributed by atoms with Crippen molar-refractivity contribution in [2.45, 2.75) is 38.5 Å². The molecule has 0 aromatic heterocycles. The Morgan fingerprint density at radius 2 is 1.85 bits per heavy atom. The van der Waals surface area contributed by atoms with Gasteiger partial charge in [0.25, 0.3) is 0 Å². The van der Waals surface area contributed by atoms with Crippen molar-refractivity contribution in [1.82, 2.24) is 0 Å². The van der Waals surface area contributed by atoms with E-state index in [1.54, 1.807) is 0 Å². The first-order valence-electron chi connectivity index (χ1n) is 5.20. The average molecular weight is 184 g/mol. The molecule has 76 valence electrons. The van der Waals surface area contributed by atoms with E-state index in [1.807, 2.05) is 0 Å². The van der Waals surface area contributed by atoms with E-state index in [0.29, 0.717) is 18.3 Å². The molecular weight excluding hydrogens is 164 g/mol. The van der Waals surface area contributed by atoms with Crippen LogP contribution in [0.2, 0.25) is 0 Å². The monoisotopic (exact) mass is 184 g/mol. The molecule has 0 aromatic rings. The van der Waals surface area contributed by atoms with E-state index in [4.69, 9.17) is 11.5 Å². The average Bonchev–Trinajstić information content (AvgIpc) is 2.28. The minimum absolute atomic E-state index is 0.164. The second-order valence-electron chi connectivity index (χ2n) is 4.16. The number of nitrogens with two attached hydrogens (primary N) is 2. The molecule has 0 aliphatic heterocycles. The number of carbonyl (C=O) groups excluding carboxylic acids is 1. The first-order chi connectivity index (χ1) is 6.22. The summed E-state index contributed by atoms with van der Waals surface area (Å²) in [7, 11) is 0. The van der Waals surface area contributed by atoms with Crippen molar-refractivity contribution < 1.29 is 4.79 Å². The van der Waals surface area contributed by atoms with Gasteiger partial charge in [0.2, 0.25) is 5.91 Å². The van der Waals surface area contributed by atoms with E-state index in [9.17, 15) is 4.79 Å². The lowest BCUT2D eigenvalue weighted by atomic mass is 9.91. The molecule has 1 rings (SSSR count). The molecule has 4 N–H and O–H groups in total. The summed E-state index contributed by atoms with van der Waals surface area (Å²) in [5.41, 5.74) is 10.8. The second-order valence-corrected chi connectivity index (χ2v) is 4.16. The van der Waals surface area contributed by atoms with E-state index >= 15 is 0 Å². The maximum Gasteiger partial charge on any atom is 0.217 e. The number of hydrogen-bond acceptors (Lipinski definition) is 2. The fraction of sp³-hybridized carbons (Fsp3) is 0.900. The fourth-order valence-corrected chi connectivity index (χ4v) is 2.26. The Hall–Kier alpha value is -0.570. The molecule has 13 heavy (non-hydrogen) atoms. The van der Waals surface area contributed by atoms with Crippen LogP contribution in [0.1, 0.15) is 38.5 Å². The molecule has 0 bridgehead atoms. The molecule has 2 atom stereocenters. The van der Waals surface area contributed by atoms with Crippen molar-refractivity contribution in [3.05, 3.63) is 0 Å². The molecule has 0 heterocycles. The first kappa shape index (κ1) is 10.5. The molecule has 0 spiro atoms. The van der Waals surface area contributed by atoms with Gasteiger partial charge in [-0.3, -0.25) is 4.79 Å². The zero-order chi connectivity index (χ0) is 9.68. The second kappa shape index (κ2) is 5.22. The Morgan fingerprint density at radius 1 is 1.23 bits per heavy atom. The van der Waals surface area contributed by atoms with Crippen molar-refractivity contribution >= 4 is 5.91 Å². The molecule has 1 aliphatic carbocycles. The summed E-state index contributed by atoms with van der Waals surface area (Å²) in [4.78, 5) is 10.8. The Bertz CT molecular complexity index is 170. The van der Waals surface area contributed by atoms with E-state index in [2.05, 4.69) is 0 Å². The van der Waals surface area contributed by atoms with Gasteiger partial charge in [-0.2, -0.15) is 0 Å². The van der Waals surface area contributed by atoms with Crippen LogP contribution in [0.25, 0.3) is 0 Å². The normalized spacial score (nSPS) is 29.6. The zero-order valence-electron chi connectivity index (χ0n) is 8.17. The Kier molecular flexibility index (Phi) is 4.22. The lowest BCUT2D eigenvalue weighted by Crippen LogP contribution is -2.20. The standard InChI is InChI=1S/C10H20N2O/c11-7-9-4-2-1-3-8(5-9)6-10(12)13/h8-9H,1-7,11H2,(H2,12,13). The van der Waals surface area contributed by atoms with Gasteiger partial charge < -0.3 is 11.5 Å². The van der Waals surface area contributed by atoms with Crippen LogP contribution < -0.4 is 11.5 Å². The quantitative estimate of drug-likeness (QED) is 0.643. The predicted molar refractivity (Wildman–Crippen MR) is 52.9 cm³/mol. The summed E-state index contributed by atoms with van der Waals surface area (Å²) in [6, 6.07) is 0. The minimum atomic E-state index is -0.164. The smallest absolute Gasteiger partial charge is 0.217 e. The predicted octanol–water partition coefficient (Wildman–Crippen LogP) is 1.02.